The molecule has 4 aliphatic carbocycles. The molecule has 4 fully saturated rings. The van der Waals surface area contributed by atoms with Crippen LogP contribution in [0.25, 0.3) is 0 Å². The lowest BCUT2D eigenvalue weighted by Crippen LogP contribution is -2.57. The van der Waals surface area contributed by atoms with Crippen molar-refractivity contribution in [1.29, 1.82) is 0 Å². The van der Waals surface area contributed by atoms with Gasteiger partial charge in [-0.15, -0.1) is 0 Å². The van der Waals surface area contributed by atoms with Crippen LogP contribution < -0.4 is 5.73 Å². The summed E-state index contributed by atoms with van der Waals surface area (Å²) in [5.41, 5.74) is 5.57. The van der Waals surface area contributed by atoms with E-state index < -0.39 is 0 Å². The predicted molar refractivity (Wildman–Crippen MR) is 81.1 cm³/mol. The van der Waals surface area contributed by atoms with Gasteiger partial charge < -0.3 is 10.6 Å². The second-order valence-corrected chi connectivity index (χ2v) is 7.70. The van der Waals surface area contributed by atoms with E-state index in [1.54, 1.807) is 0 Å². The summed E-state index contributed by atoms with van der Waals surface area (Å²) in [7, 11) is 2.06. The van der Waals surface area contributed by atoms with E-state index in [0.717, 1.165) is 36.5 Å². The molecule has 1 atom stereocenters. The van der Waals surface area contributed by atoms with E-state index in [4.69, 9.17) is 5.73 Å². The molecule has 0 spiro atoms. The molecule has 2 N–H and O–H groups in total. The molecule has 0 radical (unpaired) electrons. The number of rotatable bonds is 5. The molecule has 4 saturated carbocycles. The van der Waals surface area contributed by atoms with Crippen molar-refractivity contribution in [2.24, 2.45) is 35.3 Å². The van der Waals surface area contributed by atoms with Crippen LogP contribution in [0.2, 0.25) is 0 Å². The normalized spacial score (nSPS) is 39.9. The molecule has 1 amide bonds. The van der Waals surface area contributed by atoms with Crippen LogP contribution in [0, 0.1) is 29.6 Å². The van der Waals surface area contributed by atoms with Crippen LogP contribution in [-0.4, -0.2) is 30.4 Å². The smallest absolute Gasteiger partial charge is 0.225 e. The highest BCUT2D eigenvalue weighted by molar-refractivity contribution is 5.78. The molecule has 3 nitrogen and oxygen atoms in total. The minimum atomic E-state index is 0.140. The van der Waals surface area contributed by atoms with Crippen molar-refractivity contribution in [2.45, 2.75) is 57.9 Å². The van der Waals surface area contributed by atoms with E-state index >= 15 is 0 Å². The molecule has 0 saturated heterocycles. The summed E-state index contributed by atoms with van der Waals surface area (Å²) in [5, 5.41) is 0. The molecule has 4 bridgehead atoms. The Kier molecular flexibility index (Phi) is 4.07. The third-order valence-electron chi connectivity index (χ3n) is 6.23. The van der Waals surface area contributed by atoms with E-state index in [9.17, 15) is 4.79 Å². The molecule has 1 unspecified atom stereocenters. The summed E-state index contributed by atoms with van der Waals surface area (Å²) >= 11 is 0. The summed E-state index contributed by atoms with van der Waals surface area (Å²) in [6.07, 6.45) is 8.90. The predicted octanol–water partition coefficient (Wildman–Crippen LogP) is 2.64. The van der Waals surface area contributed by atoms with Gasteiger partial charge in [0.2, 0.25) is 5.91 Å². The number of hydrogen-bond donors (Lipinski definition) is 1. The van der Waals surface area contributed by atoms with Gasteiger partial charge in [-0.05, 0) is 75.2 Å². The van der Waals surface area contributed by atoms with E-state index in [0.29, 0.717) is 18.5 Å². The lowest BCUT2D eigenvalue weighted by molar-refractivity contribution is -0.145. The molecule has 0 aliphatic heterocycles. The fourth-order valence-electron chi connectivity index (χ4n) is 5.57. The Labute approximate surface area is 123 Å². The first-order valence-electron chi connectivity index (χ1n) is 8.56. The Balaban J connectivity index is 1.65. The quantitative estimate of drug-likeness (QED) is 0.840. The van der Waals surface area contributed by atoms with Gasteiger partial charge in [-0.3, -0.25) is 4.79 Å². The maximum atomic E-state index is 12.7. The Bertz CT molecular complexity index is 340. The molecule has 0 heterocycles. The first-order chi connectivity index (χ1) is 9.60. The highest BCUT2D eigenvalue weighted by Gasteiger charge is 2.50. The molecule has 0 aromatic heterocycles. The van der Waals surface area contributed by atoms with Crippen molar-refractivity contribution in [3.8, 4) is 0 Å². The largest absolute Gasteiger partial charge is 0.342 e. The van der Waals surface area contributed by atoms with Crippen molar-refractivity contribution in [3.63, 3.8) is 0 Å². The fraction of sp³-hybridized carbons (Fsp3) is 0.941. The number of nitrogens with zero attached hydrogens (tertiary/aromatic N) is 1. The van der Waals surface area contributed by atoms with Gasteiger partial charge in [0.15, 0.2) is 0 Å². The number of carbonyl (C=O) groups is 1. The minimum Gasteiger partial charge on any atom is -0.342 e. The summed E-state index contributed by atoms with van der Waals surface area (Å²) in [6.45, 7) is 2.77. The second kappa shape index (κ2) is 5.67. The van der Waals surface area contributed by atoms with E-state index in [-0.39, 0.29) is 5.92 Å². The van der Waals surface area contributed by atoms with Crippen LogP contribution >= 0.6 is 0 Å². The molecule has 20 heavy (non-hydrogen) atoms. The second-order valence-electron chi connectivity index (χ2n) is 7.70. The Morgan fingerprint density at radius 3 is 2.20 bits per heavy atom. The SMILES string of the molecule is CC(CCCN)C(=O)N(C)C1C2CC3CC(C2)CC1C3. The van der Waals surface area contributed by atoms with Gasteiger partial charge >= 0.3 is 0 Å². The van der Waals surface area contributed by atoms with Gasteiger partial charge in [-0.2, -0.15) is 0 Å². The van der Waals surface area contributed by atoms with Crippen LogP contribution in [0.1, 0.15) is 51.9 Å². The molecular formula is C17H30N2O. The first-order valence-corrected chi connectivity index (χ1v) is 8.56. The Hall–Kier alpha value is -0.570. The third kappa shape index (κ3) is 2.49. The standard InChI is InChI=1S/C17H30N2O/c1-11(4-3-5-18)17(20)19(2)16-14-7-12-6-13(9-14)10-15(16)8-12/h11-16H,3-10,18H2,1-2H3. The average Bonchev–Trinajstić information content (AvgIpc) is 2.42. The topological polar surface area (TPSA) is 46.3 Å². The van der Waals surface area contributed by atoms with E-state index in [1.165, 1.54) is 32.1 Å². The molecule has 3 heteroatoms. The average molecular weight is 278 g/mol. The third-order valence-corrected chi connectivity index (χ3v) is 6.23. The zero-order chi connectivity index (χ0) is 14.3. The van der Waals surface area contributed by atoms with Crippen LogP contribution in [0.4, 0.5) is 0 Å². The number of carbonyl (C=O) groups excluding carboxylic acids is 1. The molecule has 114 valence electrons. The number of amides is 1. The molecule has 4 rings (SSSR count). The monoisotopic (exact) mass is 278 g/mol. The van der Waals surface area contributed by atoms with Gasteiger partial charge in [0.25, 0.3) is 0 Å². The van der Waals surface area contributed by atoms with Gasteiger partial charge in [0.1, 0.15) is 0 Å². The van der Waals surface area contributed by atoms with Crippen LogP contribution in [0.3, 0.4) is 0 Å². The maximum Gasteiger partial charge on any atom is 0.225 e. The zero-order valence-electron chi connectivity index (χ0n) is 13.1. The van der Waals surface area contributed by atoms with Crippen molar-refractivity contribution >= 4 is 5.91 Å². The van der Waals surface area contributed by atoms with Crippen molar-refractivity contribution < 1.29 is 4.79 Å². The molecule has 4 aliphatic rings. The van der Waals surface area contributed by atoms with E-state index in [1.807, 2.05) is 0 Å². The molecule has 0 aromatic rings. The Morgan fingerprint density at radius 1 is 1.15 bits per heavy atom. The van der Waals surface area contributed by atoms with Gasteiger partial charge in [0.05, 0.1) is 0 Å². The summed E-state index contributed by atoms with van der Waals surface area (Å²) in [6, 6.07) is 0.538. The van der Waals surface area contributed by atoms with Crippen LogP contribution in [0.15, 0.2) is 0 Å². The first kappa shape index (κ1) is 14.4. The van der Waals surface area contributed by atoms with Gasteiger partial charge in [-0.1, -0.05) is 6.92 Å². The Morgan fingerprint density at radius 2 is 1.70 bits per heavy atom. The number of hydrogen-bond acceptors (Lipinski definition) is 2. The summed E-state index contributed by atoms with van der Waals surface area (Å²) in [5.74, 6) is 4.04. The van der Waals surface area contributed by atoms with Gasteiger partial charge in [0, 0.05) is 19.0 Å². The fourth-order valence-corrected chi connectivity index (χ4v) is 5.57. The van der Waals surface area contributed by atoms with Crippen molar-refractivity contribution in [3.05, 3.63) is 0 Å². The molecule has 0 aromatic carbocycles. The summed E-state index contributed by atoms with van der Waals surface area (Å²) < 4.78 is 0. The van der Waals surface area contributed by atoms with Crippen molar-refractivity contribution in [2.75, 3.05) is 13.6 Å². The van der Waals surface area contributed by atoms with Crippen LogP contribution in [0.5, 0.6) is 0 Å². The minimum absolute atomic E-state index is 0.140. The summed E-state index contributed by atoms with van der Waals surface area (Å²) in [4.78, 5) is 14.8. The highest BCUT2D eigenvalue weighted by atomic mass is 16.2. The van der Waals surface area contributed by atoms with Crippen LogP contribution in [-0.2, 0) is 4.79 Å². The highest BCUT2D eigenvalue weighted by Crippen LogP contribution is 2.55. The number of nitrogens with two attached hydrogens (primary N) is 1. The lowest BCUT2D eigenvalue weighted by atomic mass is 9.54. The lowest BCUT2D eigenvalue weighted by Gasteiger charge is -2.56. The molecular weight excluding hydrogens is 248 g/mol. The van der Waals surface area contributed by atoms with E-state index in [2.05, 4.69) is 18.9 Å². The zero-order valence-corrected chi connectivity index (χ0v) is 13.1. The van der Waals surface area contributed by atoms with Gasteiger partial charge in [-0.25, -0.2) is 0 Å². The van der Waals surface area contributed by atoms with Crippen molar-refractivity contribution in [1.82, 2.24) is 4.90 Å². The maximum absolute atomic E-state index is 12.7.